The van der Waals surface area contributed by atoms with Crippen molar-refractivity contribution in [2.45, 2.75) is 31.6 Å². The molecular formula is C16H19FN2OS. The second kappa shape index (κ2) is 6.89. The van der Waals surface area contributed by atoms with Gasteiger partial charge in [0.1, 0.15) is 5.82 Å². The Morgan fingerprint density at radius 2 is 2.05 bits per heavy atom. The van der Waals surface area contributed by atoms with E-state index >= 15 is 0 Å². The molecule has 112 valence electrons. The summed E-state index contributed by atoms with van der Waals surface area (Å²) in [5.41, 5.74) is 1.46. The number of hydrogen-bond acceptors (Lipinski definition) is 3. The summed E-state index contributed by atoms with van der Waals surface area (Å²) in [6.07, 6.45) is 4.87. The zero-order chi connectivity index (χ0) is 15.4. The third-order valence-corrected chi connectivity index (χ3v) is 4.17. The predicted octanol–water partition coefficient (Wildman–Crippen LogP) is 3.89. The van der Waals surface area contributed by atoms with Gasteiger partial charge in [-0.2, -0.15) is 5.10 Å². The van der Waals surface area contributed by atoms with Gasteiger partial charge in [-0.25, -0.2) is 9.49 Å². The highest BCUT2D eigenvalue weighted by Crippen LogP contribution is 2.31. The van der Waals surface area contributed by atoms with Crippen LogP contribution in [0, 0.1) is 11.7 Å². The Bertz CT molecular complexity index is 682. The van der Waals surface area contributed by atoms with Crippen molar-refractivity contribution >= 4 is 11.8 Å². The number of thioether (sulfide) groups is 1. The zero-order valence-corrected chi connectivity index (χ0v) is 13.3. The summed E-state index contributed by atoms with van der Waals surface area (Å²) >= 11 is 1.38. The number of hydrogen-bond donors (Lipinski definition) is 1. The molecule has 1 N–H and O–H groups in total. The number of aromatic amines is 1. The maximum absolute atomic E-state index is 14.7. The van der Waals surface area contributed by atoms with E-state index in [0.717, 1.165) is 6.42 Å². The maximum Gasteiger partial charge on any atom is 0.272 e. The van der Waals surface area contributed by atoms with Crippen LogP contribution < -0.4 is 5.56 Å². The standard InChI is InChI=1S/C16H19FN2OS/c1-10(2)4-5-12-11(6-7-14(21-3)15(12)17)13-8-9-18-19-16(13)20/h6-10H,4-5H2,1-3H3,(H,19,20). The lowest BCUT2D eigenvalue weighted by atomic mass is 9.94. The van der Waals surface area contributed by atoms with E-state index in [-0.39, 0.29) is 11.4 Å². The fourth-order valence-corrected chi connectivity index (χ4v) is 2.75. The molecule has 3 nitrogen and oxygen atoms in total. The summed E-state index contributed by atoms with van der Waals surface area (Å²) in [7, 11) is 0. The molecule has 0 spiro atoms. The summed E-state index contributed by atoms with van der Waals surface area (Å²) in [5.74, 6) is 0.266. The van der Waals surface area contributed by atoms with Crippen LogP contribution in [0.1, 0.15) is 25.8 Å². The van der Waals surface area contributed by atoms with Gasteiger partial charge in [-0.05, 0) is 48.3 Å². The minimum absolute atomic E-state index is 0.211. The first-order valence-corrected chi connectivity index (χ1v) is 8.16. The molecule has 0 bridgehead atoms. The highest BCUT2D eigenvalue weighted by atomic mass is 32.2. The van der Waals surface area contributed by atoms with Crippen LogP contribution in [-0.2, 0) is 6.42 Å². The highest BCUT2D eigenvalue weighted by Gasteiger charge is 2.16. The van der Waals surface area contributed by atoms with E-state index in [1.165, 1.54) is 18.0 Å². The largest absolute Gasteiger partial charge is 0.272 e. The number of halogens is 1. The average molecular weight is 306 g/mol. The number of nitrogens with one attached hydrogen (secondary N) is 1. The number of nitrogens with zero attached hydrogens (tertiary/aromatic N) is 1. The summed E-state index contributed by atoms with van der Waals surface area (Å²) < 4.78 is 14.7. The van der Waals surface area contributed by atoms with Gasteiger partial charge in [0.15, 0.2) is 0 Å². The van der Waals surface area contributed by atoms with Crippen molar-refractivity contribution in [1.82, 2.24) is 10.2 Å². The van der Waals surface area contributed by atoms with Crippen molar-refractivity contribution in [3.05, 3.63) is 46.1 Å². The molecule has 1 aromatic heterocycles. The topological polar surface area (TPSA) is 45.8 Å². The second-order valence-corrected chi connectivity index (χ2v) is 6.19. The summed E-state index contributed by atoms with van der Waals surface area (Å²) in [5, 5.41) is 6.10. The van der Waals surface area contributed by atoms with Crippen LogP contribution in [0.5, 0.6) is 0 Å². The second-order valence-electron chi connectivity index (χ2n) is 5.34. The van der Waals surface area contributed by atoms with Crippen LogP contribution in [0.2, 0.25) is 0 Å². The smallest absolute Gasteiger partial charge is 0.267 e. The normalized spacial score (nSPS) is 11.1. The van der Waals surface area contributed by atoms with Crippen LogP contribution >= 0.6 is 11.8 Å². The first-order valence-electron chi connectivity index (χ1n) is 6.94. The molecule has 2 aromatic rings. The van der Waals surface area contributed by atoms with Crippen LogP contribution in [0.3, 0.4) is 0 Å². The summed E-state index contributed by atoms with van der Waals surface area (Å²) in [4.78, 5) is 12.5. The summed E-state index contributed by atoms with van der Waals surface area (Å²) in [6, 6.07) is 5.19. The predicted molar refractivity (Wildman–Crippen MR) is 85.2 cm³/mol. The van der Waals surface area contributed by atoms with E-state index < -0.39 is 0 Å². The third-order valence-electron chi connectivity index (χ3n) is 3.42. The fourth-order valence-electron chi connectivity index (χ4n) is 2.24. The molecule has 0 amide bonds. The fraction of sp³-hybridized carbons (Fsp3) is 0.375. The van der Waals surface area contributed by atoms with Crippen molar-refractivity contribution in [3.63, 3.8) is 0 Å². The molecule has 0 saturated heterocycles. The molecule has 0 radical (unpaired) electrons. The van der Waals surface area contributed by atoms with Gasteiger partial charge in [0.2, 0.25) is 0 Å². The first-order chi connectivity index (χ1) is 10.0. The van der Waals surface area contributed by atoms with Crippen LogP contribution in [0.15, 0.2) is 34.1 Å². The molecular weight excluding hydrogens is 287 g/mol. The molecule has 0 fully saturated rings. The molecule has 0 aliphatic rings. The molecule has 0 saturated carbocycles. The Labute approximate surface area is 128 Å². The van der Waals surface area contributed by atoms with Crippen LogP contribution in [-0.4, -0.2) is 16.5 Å². The van der Waals surface area contributed by atoms with Gasteiger partial charge >= 0.3 is 0 Å². The molecule has 1 aromatic carbocycles. The van der Waals surface area contributed by atoms with Gasteiger partial charge in [-0.1, -0.05) is 19.9 Å². The zero-order valence-electron chi connectivity index (χ0n) is 12.4. The minimum Gasteiger partial charge on any atom is -0.267 e. The lowest BCUT2D eigenvalue weighted by Crippen LogP contribution is -2.11. The Morgan fingerprint density at radius 3 is 2.67 bits per heavy atom. The number of aromatic nitrogens is 2. The van der Waals surface area contributed by atoms with Crippen LogP contribution in [0.25, 0.3) is 11.1 Å². The SMILES string of the molecule is CSc1ccc(-c2ccn[nH]c2=O)c(CCC(C)C)c1F. The Balaban J connectivity index is 2.57. The van der Waals surface area contributed by atoms with Crippen molar-refractivity contribution in [1.29, 1.82) is 0 Å². The Morgan fingerprint density at radius 1 is 1.29 bits per heavy atom. The average Bonchev–Trinajstić information content (AvgIpc) is 2.46. The van der Waals surface area contributed by atoms with E-state index in [1.54, 1.807) is 12.1 Å². The molecule has 1 heterocycles. The van der Waals surface area contributed by atoms with Gasteiger partial charge in [0, 0.05) is 11.1 Å². The number of benzene rings is 1. The molecule has 0 unspecified atom stereocenters. The molecule has 2 rings (SSSR count). The van der Waals surface area contributed by atoms with Gasteiger partial charge in [0.05, 0.1) is 5.56 Å². The van der Waals surface area contributed by atoms with Crippen LogP contribution in [0.4, 0.5) is 4.39 Å². The monoisotopic (exact) mass is 306 g/mol. The van der Waals surface area contributed by atoms with E-state index in [2.05, 4.69) is 24.0 Å². The Hall–Kier alpha value is -1.62. The molecule has 0 atom stereocenters. The van der Waals surface area contributed by atoms with E-state index in [4.69, 9.17) is 0 Å². The number of rotatable bonds is 5. The first kappa shape index (κ1) is 15.8. The number of H-pyrrole nitrogens is 1. The summed E-state index contributed by atoms with van der Waals surface area (Å²) in [6.45, 7) is 4.21. The van der Waals surface area contributed by atoms with Gasteiger partial charge in [0.25, 0.3) is 5.56 Å². The lowest BCUT2D eigenvalue weighted by Gasteiger charge is -2.14. The lowest BCUT2D eigenvalue weighted by molar-refractivity contribution is 0.548. The minimum atomic E-state index is -0.292. The quantitative estimate of drug-likeness (QED) is 0.853. The van der Waals surface area contributed by atoms with Gasteiger partial charge < -0.3 is 0 Å². The molecule has 0 aliphatic heterocycles. The molecule has 0 aliphatic carbocycles. The Kier molecular flexibility index (Phi) is 5.17. The molecule has 21 heavy (non-hydrogen) atoms. The van der Waals surface area contributed by atoms with Gasteiger partial charge in [-0.3, -0.25) is 4.79 Å². The maximum atomic E-state index is 14.7. The van der Waals surface area contributed by atoms with Crippen molar-refractivity contribution in [2.75, 3.05) is 6.26 Å². The third kappa shape index (κ3) is 3.53. The molecule has 5 heteroatoms. The van der Waals surface area contributed by atoms with Crippen molar-refractivity contribution in [3.8, 4) is 11.1 Å². The van der Waals surface area contributed by atoms with Gasteiger partial charge in [-0.15, -0.1) is 11.8 Å². The highest BCUT2D eigenvalue weighted by molar-refractivity contribution is 7.98. The van der Waals surface area contributed by atoms with E-state index in [1.807, 2.05) is 12.3 Å². The van der Waals surface area contributed by atoms with Crippen molar-refractivity contribution in [2.24, 2.45) is 5.92 Å². The van der Waals surface area contributed by atoms with Crippen molar-refractivity contribution < 1.29 is 4.39 Å². The van der Waals surface area contributed by atoms with E-state index in [0.29, 0.717) is 33.9 Å². The van der Waals surface area contributed by atoms with E-state index in [9.17, 15) is 9.18 Å².